The van der Waals surface area contributed by atoms with Crippen molar-refractivity contribution in [1.82, 2.24) is 25.2 Å². The fourth-order valence-electron chi connectivity index (χ4n) is 3.93. The largest absolute Gasteiger partial charge is 0.417 e. The monoisotopic (exact) mass is 531 g/mol. The first kappa shape index (κ1) is 26.4. The number of anilines is 1. The lowest BCUT2D eigenvalue weighted by Gasteiger charge is -2.18. The van der Waals surface area contributed by atoms with Crippen LogP contribution in [0, 0.1) is 0 Å². The summed E-state index contributed by atoms with van der Waals surface area (Å²) in [4.78, 5) is 44.0. The molecule has 2 aromatic rings. The van der Waals surface area contributed by atoms with E-state index in [0.29, 0.717) is 17.1 Å². The van der Waals surface area contributed by atoms with E-state index in [1.165, 1.54) is 18.6 Å². The number of nitrogen functional groups attached to an aromatic ring is 1. The second-order valence-electron chi connectivity index (χ2n) is 8.58. The van der Waals surface area contributed by atoms with E-state index in [9.17, 15) is 22.8 Å². The molecule has 0 aromatic carbocycles. The zero-order valence-electron chi connectivity index (χ0n) is 19.9. The number of nitrogens with one attached hydrogen (secondary N) is 1. The van der Waals surface area contributed by atoms with E-state index in [1.54, 1.807) is 6.92 Å². The smallest absolute Gasteiger partial charge is 0.383 e. The molecular weight excluding hydrogens is 507 g/mol. The summed E-state index contributed by atoms with van der Waals surface area (Å²) in [6.45, 7) is 7.33. The molecule has 1 unspecified atom stereocenters. The number of halogens is 3. The van der Waals surface area contributed by atoms with E-state index in [0.717, 1.165) is 49.4 Å². The number of alkyl halides is 3. The van der Waals surface area contributed by atoms with Crippen LogP contribution in [0.2, 0.25) is 0 Å². The van der Waals surface area contributed by atoms with Gasteiger partial charge in [0.05, 0.1) is 23.5 Å². The van der Waals surface area contributed by atoms with Crippen molar-refractivity contribution in [3.05, 3.63) is 69.6 Å². The van der Waals surface area contributed by atoms with Crippen molar-refractivity contribution >= 4 is 34.7 Å². The number of allylic oxidation sites excluding steroid dienone is 5. The summed E-state index contributed by atoms with van der Waals surface area (Å²) in [5, 5.41) is 3.22. The van der Waals surface area contributed by atoms with Crippen molar-refractivity contribution in [1.29, 1.82) is 0 Å². The molecule has 194 valence electrons. The Bertz CT molecular complexity index is 1320. The average molecular weight is 532 g/mol. The zero-order valence-corrected chi connectivity index (χ0v) is 20.7. The van der Waals surface area contributed by atoms with Gasteiger partial charge in [-0.05, 0) is 50.6 Å². The first-order valence-electron chi connectivity index (χ1n) is 11.4. The lowest BCUT2D eigenvalue weighted by Crippen LogP contribution is -2.30. The Morgan fingerprint density at radius 2 is 1.97 bits per heavy atom. The normalized spacial score (nSPS) is 18.2. The van der Waals surface area contributed by atoms with Crippen LogP contribution in [-0.2, 0) is 6.54 Å². The maximum absolute atomic E-state index is 13.1. The number of nitrogens with zero attached hydrogens (tertiary/aromatic N) is 5. The Morgan fingerprint density at radius 1 is 1.24 bits per heavy atom. The van der Waals surface area contributed by atoms with Gasteiger partial charge in [-0.1, -0.05) is 12.7 Å². The number of aliphatic imine (C=N–C) groups is 1. The van der Waals surface area contributed by atoms with Crippen molar-refractivity contribution < 1.29 is 22.8 Å². The van der Waals surface area contributed by atoms with Crippen LogP contribution in [0.25, 0.3) is 0 Å². The first-order valence-corrected chi connectivity index (χ1v) is 12.2. The van der Waals surface area contributed by atoms with Gasteiger partial charge in [0.25, 0.3) is 11.8 Å². The third-order valence-corrected chi connectivity index (χ3v) is 7.02. The highest BCUT2D eigenvalue weighted by molar-refractivity contribution is 7.13. The number of rotatable bonds is 6. The van der Waals surface area contributed by atoms with Gasteiger partial charge in [-0.25, -0.2) is 19.9 Å². The second kappa shape index (κ2) is 10.7. The van der Waals surface area contributed by atoms with E-state index >= 15 is 0 Å². The number of aromatic nitrogens is 3. The molecule has 0 spiro atoms. The van der Waals surface area contributed by atoms with Gasteiger partial charge in [0, 0.05) is 12.1 Å². The third-order valence-electron chi connectivity index (χ3n) is 5.86. The van der Waals surface area contributed by atoms with Gasteiger partial charge in [0.2, 0.25) is 0 Å². The van der Waals surface area contributed by atoms with Gasteiger partial charge in [0.1, 0.15) is 27.7 Å². The van der Waals surface area contributed by atoms with Gasteiger partial charge < -0.3 is 11.1 Å². The lowest BCUT2D eigenvalue weighted by atomic mass is 10.00. The predicted molar refractivity (Wildman–Crippen MR) is 133 cm³/mol. The minimum Gasteiger partial charge on any atom is -0.383 e. The Balaban J connectivity index is 1.46. The molecule has 37 heavy (non-hydrogen) atoms. The average Bonchev–Trinajstić information content (AvgIpc) is 3.53. The van der Waals surface area contributed by atoms with Gasteiger partial charge in [0.15, 0.2) is 0 Å². The van der Waals surface area contributed by atoms with Crippen LogP contribution in [0.5, 0.6) is 0 Å². The summed E-state index contributed by atoms with van der Waals surface area (Å²) in [5.41, 5.74) is 5.44. The van der Waals surface area contributed by atoms with Gasteiger partial charge >= 0.3 is 6.18 Å². The van der Waals surface area contributed by atoms with E-state index in [2.05, 4.69) is 36.7 Å². The van der Waals surface area contributed by atoms with Crippen LogP contribution in [0.4, 0.5) is 19.0 Å². The Morgan fingerprint density at radius 3 is 2.68 bits per heavy atom. The van der Waals surface area contributed by atoms with Crippen LogP contribution in [0.1, 0.15) is 56.5 Å². The van der Waals surface area contributed by atoms with Crippen LogP contribution in [0.15, 0.2) is 53.5 Å². The Hall–Kier alpha value is -3.71. The van der Waals surface area contributed by atoms with Crippen molar-refractivity contribution in [2.45, 2.75) is 38.5 Å². The summed E-state index contributed by atoms with van der Waals surface area (Å²) in [7, 11) is 0. The summed E-state index contributed by atoms with van der Waals surface area (Å²) in [6.07, 6.45) is 3.27. The molecule has 2 aliphatic rings. The second-order valence-corrected chi connectivity index (χ2v) is 9.65. The highest BCUT2D eigenvalue weighted by atomic mass is 32.1. The number of nitrogens with two attached hydrogens (primary N) is 1. The van der Waals surface area contributed by atoms with Crippen LogP contribution < -0.4 is 11.1 Å². The maximum atomic E-state index is 13.1. The third kappa shape index (κ3) is 6.17. The number of amides is 2. The quantitative estimate of drug-likeness (QED) is 0.581. The molecule has 0 saturated carbocycles. The number of thiazole rings is 1. The molecule has 2 amide bonds. The molecule has 3 N–H and O–H groups in total. The van der Waals surface area contributed by atoms with Crippen molar-refractivity contribution in [3.63, 3.8) is 0 Å². The fourth-order valence-corrected chi connectivity index (χ4v) is 4.73. The molecule has 1 fully saturated rings. The van der Waals surface area contributed by atoms with E-state index < -0.39 is 29.6 Å². The standard InChI is InChI=1S/C24H24F3N7O2S/c1-13-5-6-15(9-17(13)24(25,26)27)33-21(35)18-10-29-23(37-18)14(2)32-22(36)19-16(20(28)31-12-30-19)11-34-7-3-4-8-34/h5-6,9-10,12,14H,1,3-4,7-8,11H2,2H3,(H,32,36)(H2,28,30,31). The number of hydrogen-bond acceptors (Lipinski definition) is 8. The first-order chi connectivity index (χ1) is 17.5. The van der Waals surface area contributed by atoms with Gasteiger partial charge in [-0.15, -0.1) is 11.3 Å². The Kier molecular flexibility index (Phi) is 7.64. The molecule has 3 heterocycles. The molecule has 4 rings (SSSR count). The summed E-state index contributed by atoms with van der Waals surface area (Å²) in [6, 6.07) is -0.586. The molecule has 0 bridgehead atoms. The van der Waals surface area contributed by atoms with Gasteiger partial charge in [-0.2, -0.15) is 13.2 Å². The minimum absolute atomic E-state index is 0.115. The van der Waals surface area contributed by atoms with Crippen LogP contribution in [-0.4, -0.2) is 56.6 Å². The molecular formula is C24H24F3N7O2S. The lowest BCUT2D eigenvalue weighted by molar-refractivity contribution is -0.0889. The molecule has 1 saturated heterocycles. The predicted octanol–water partition coefficient (Wildman–Crippen LogP) is 3.80. The van der Waals surface area contributed by atoms with Crippen LogP contribution >= 0.6 is 11.3 Å². The van der Waals surface area contributed by atoms with Crippen molar-refractivity contribution in [3.8, 4) is 0 Å². The maximum Gasteiger partial charge on any atom is 0.417 e. The van der Waals surface area contributed by atoms with Gasteiger partial charge in [-0.3, -0.25) is 14.5 Å². The minimum atomic E-state index is -4.61. The molecule has 13 heteroatoms. The zero-order chi connectivity index (χ0) is 26.7. The van der Waals surface area contributed by atoms with E-state index in [4.69, 9.17) is 5.73 Å². The number of carbonyl (C=O) groups is 2. The molecule has 9 nitrogen and oxygen atoms in total. The topological polar surface area (TPSA) is 126 Å². The van der Waals surface area contributed by atoms with E-state index in [-0.39, 0.29) is 27.7 Å². The summed E-state index contributed by atoms with van der Waals surface area (Å²) in [5.74, 6) is -0.968. The SMILES string of the molecule is C=C1C=CC(=NC(=O)c2cnc(C(C)NC(=O)c3ncnc(N)c3CN3CCCC3)s2)C=C1C(F)(F)F. The molecule has 1 aliphatic carbocycles. The highest BCUT2D eigenvalue weighted by Crippen LogP contribution is 2.33. The molecule has 0 radical (unpaired) electrons. The number of likely N-dealkylation sites (tertiary alicyclic amines) is 1. The number of hydrogen-bond donors (Lipinski definition) is 2. The van der Waals surface area contributed by atoms with E-state index in [1.807, 2.05) is 0 Å². The van der Waals surface area contributed by atoms with Crippen molar-refractivity contribution in [2.75, 3.05) is 18.8 Å². The summed E-state index contributed by atoms with van der Waals surface area (Å²) < 4.78 is 39.4. The highest BCUT2D eigenvalue weighted by Gasteiger charge is 2.36. The molecule has 1 atom stereocenters. The summed E-state index contributed by atoms with van der Waals surface area (Å²) >= 11 is 0.983. The molecule has 2 aromatic heterocycles. The number of carbonyl (C=O) groups excluding carboxylic acids is 2. The molecule has 1 aliphatic heterocycles. The fraction of sp³-hybridized carbons (Fsp3) is 0.333. The van der Waals surface area contributed by atoms with Crippen LogP contribution in [0.3, 0.4) is 0 Å². The Labute approximate surface area is 214 Å². The van der Waals surface area contributed by atoms with Crippen molar-refractivity contribution in [2.24, 2.45) is 4.99 Å².